The van der Waals surface area contributed by atoms with E-state index in [0.29, 0.717) is 6.42 Å². The fourth-order valence-electron chi connectivity index (χ4n) is 0.557. The van der Waals surface area contributed by atoms with Gasteiger partial charge in [0.05, 0.1) is 0 Å². The van der Waals surface area contributed by atoms with Gasteiger partial charge >= 0.3 is 0 Å². The average molecular weight is 161 g/mol. The molecule has 0 spiro atoms. The number of methoxy groups -OCH3 is 1. The molecule has 0 radical (unpaired) electrons. The van der Waals surface area contributed by atoms with Gasteiger partial charge in [-0.05, 0) is 6.42 Å². The first-order chi connectivity index (χ1) is 5.31. The van der Waals surface area contributed by atoms with Crippen molar-refractivity contribution in [2.75, 3.05) is 13.9 Å². The van der Waals surface area contributed by atoms with Crippen LogP contribution in [0, 0.1) is 0 Å². The summed E-state index contributed by atoms with van der Waals surface area (Å²) in [5.41, 5.74) is 2.25. The maximum Gasteiger partial charge on any atom is 0.243 e. The molecule has 0 aromatic heterocycles. The third kappa shape index (κ3) is 7.29. The summed E-state index contributed by atoms with van der Waals surface area (Å²) < 4.78 is 4.56. The zero-order valence-electron chi connectivity index (χ0n) is 7.05. The Bertz CT molecular complexity index is 106. The highest BCUT2D eigenvalue weighted by Crippen LogP contribution is 1.92. The van der Waals surface area contributed by atoms with Crippen LogP contribution in [0.5, 0.6) is 0 Å². The normalized spacial score (nSPS) is 9.64. The molecule has 4 nitrogen and oxygen atoms in total. The van der Waals surface area contributed by atoms with E-state index in [9.17, 15) is 4.79 Å². The lowest BCUT2D eigenvalue weighted by Gasteiger charge is -2.02. The Kier molecular flexibility index (Phi) is 7.08. The highest BCUT2D eigenvalue weighted by molar-refractivity contribution is 5.74. The van der Waals surface area contributed by atoms with E-state index in [4.69, 9.17) is 0 Å². The number of hydroxylamine groups is 1. The van der Waals surface area contributed by atoms with Crippen molar-refractivity contribution in [3.63, 3.8) is 0 Å². The molecule has 11 heavy (non-hydrogen) atoms. The van der Waals surface area contributed by atoms with Gasteiger partial charge in [0.2, 0.25) is 5.91 Å². The van der Waals surface area contributed by atoms with Gasteiger partial charge in [0.25, 0.3) is 0 Å². The molecule has 0 aliphatic heterocycles. The molecule has 0 saturated carbocycles. The minimum atomic E-state index is -0.0936. The van der Waals surface area contributed by atoms with Crippen molar-refractivity contribution in [2.45, 2.75) is 26.2 Å². The molecule has 0 rings (SSSR count). The van der Waals surface area contributed by atoms with Crippen LogP contribution in [0.1, 0.15) is 26.2 Å². The van der Waals surface area contributed by atoms with Gasteiger partial charge in [0.1, 0.15) is 0 Å². The molecule has 0 atom stereocenters. The average Bonchev–Trinajstić information content (AvgIpc) is 2.01. The molecular weight excluding hydrogens is 146 g/mol. The van der Waals surface area contributed by atoms with Crippen LogP contribution >= 0.6 is 0 Å². The first-order valence-corrected chi connectivity index (χ1v) is 3.70. The number of carbonyl (C=O) groups is 1. The van der Waals surface area contributed by atoms with Crippen LogP contribution in [0.4, 0.5) is 0 Å². The molecule has 1 N–H and O–H groups in total. The van der Waals surface area contributed by atoms with Gasteiger partial charge in [0.15, 0.2) is 6.79 Å². The van der Waals surface area contributed by atoms with Crippen molar-refractivity contribution in [1.29, 1.82) is 0 Å². The molecule has 0 fully saturated rings. The monoisotopic (exact) mass is 161 g/mol. The van der Waals surface area contributed by atoms with Crippen LogP contribution in [-0.2, 0) is 14.4 Å². The number of carbonyl (C=O) groups excluding carboxylic acids is 1. The van der Waals surface area contributed by atoms with Gasteiger partial charge in [-0.25, -0.2) is 10.3 Å². The number of hydrogen-bond acceptors (Lipinski definition) is 3. The van der Waals surface area contributed by atoms with Gasteiger partial charge in [-0.2, -0.15) is 0 Å². The Morgan fingerprint density at radius 2 is 2.27 bits per heavy atom. The molecule has 4 heteroatoms. The van der Waals surface area contributed by atoms with Crippen molar-refractivity contribution in [1.82, 2.24) is 5.48 Å². The smallest absolute Gasteiger partial charge is 0.243 e. The topological polar surface area (TPSA) is 47.6 Å². The van der Waals surface area contributed by atoms with Crippen LogP contribution < -0.4 is 5.48 Å². The second-order valence-corrected chi connectivity index (χ2v) is 2.18. The van der Waals surface area contributed by atoms with Crippen LogP contribution in [-0.4, -0.2) is 19.8 Å². The second-order valence-electron chi connectivity index (χ2n) is 2.18. The third-order valence-corrected chi connectivity index (χ3v) is 1.12. The molecule has 1 amide bonds. The SMILES string of the molecule is CCCCC(=O)NOCOC. The van der Waals surface area contributed by atoms with E-state index in [-0.39, 0.29) is 12.7 Å². The van der Waals surface area contributed by atoms with Gasteiger partial charge in [-0.15, -0.1) is 0 Å². The molecule has 0 aliphatic carbocycles. The van der Waals surface area contributed by atoms with E-state index in [1.165, 1.54) is 7.11 Å². The van der Waals surface area contributed by atoms with Crippen molar-refractivity contribution in [3.8, 4) is 0 Å². The highest BCUT2D eigenvalue weighted by atomic mass is 16.8. The molecule has 0 saturated heterocycles. The molecule has 0 aromatic rings. The Hall–Kier alpha value is -0.610. The Morgan fingerprint density at radius 3 is 2.82 bits per heavy atom. The van der Waals surface area contributed by atoms with Crippen LogP contribution in [0.25, 0.3) is 0 Å². The Labute approximate surface area is 66.8 Å². The summed E-state index contributed by atoms with van der Waals surface area (Å²) in [6.45, 7) is 2.13. The number of nitrogens with one attached hydrogen (secondary N) is 1. The molecular formula is C7H15NO3. The highest BCUT2D eigenvalue weighted by Gasteiger charge is 1.97. The summed E-state index contributed by atoms with van der Waals surface area (Å²) in [6.07, 6.45) is 2.42. The lowest BCUT2D eigenvalue weighted by Crippen LogP contribution is -2.24. The summed E-state index contributed by atoms with van der Waals surface area (Å²) in [4.78, 5) is 15.4. The van der Waals surface area contributed by atoms with Gasteiger partial charge in [-0.3, -0.25) is 4.79 Å². The van der Waals surface area contributed by atoms with Crippen molar-refractivity contribution >= 4 is 5.91 Å². The predicted molar refractivity (Wildman–Crippen MR) is 40.6 cm³/mol. The van der Waals surface area contributed by atoms with E-state index >= 15 is 0 Å². The second kappa shape index (κ2) is 7.50. The van der Waals surface area contributed by atoms with Crippen molar-refractivity contribution in [2.24, 2.45) is 0 Å². The number of ether oxygens (including phenoxy) is 1. The van der Waals surface area contributed by atoms with Crippen LogP contribution in [0.15, 0.2) is 0 Å². The Morgan fingerprint density at radius 1 is 1.55 bits per heavy atom. The molecule has 0 unspecified atom stereocenters. The van der Waals surface area contributed by atoms with Crippen molar-refractivity contribution in [3.05, 3.63) is 0 Å². The minimum absolute atomic E-state index is 0.0936. The fourth-order valence-corrected chi connectivity index (χ4v) is 0.557. The predicted octanol–water partition coefficient (Wildman–Crippen LogP) is 0.828. The summed E-state index contributed by atoms with van der Waals surface area (Å²) in [5, 5.41) is 0. The largest absolute Gasteiger partial charge is 0.356 e. The lowest BCUT2D eigenvalue weighted by molar-refractivity contribution is -0.144. The van der Waals surface area contributed by atoms with Crippen LogP contribution in [0.3, 0.4) is 0 Å². The number of unbranched alkanes of at least 4 members (excludes halogenated alkanes) is 1. The molecule has 66 valence electrons. The number of hydrogen-bond donors (Lipinski definition) is 1. The number of rotatable bonds is 6. The first kappa shape index (κ1) is 10.4. The molecule has 0 aliphatic rings. The molecule has 0 bridgehead atoms. The maximum atomic E-state index is 10.8. The summed E-state index contributed by atoms with van der Waals surface area (Å²) >= 11 is 0. The summed E-state index contributed by atoms with van der Waals surface area (Å²) in [5.74, 6) is -0.0936. The summed E-state index contributed by atoms with van der Waals surface area (Å²) in [6, 6.07) is 0. The zero-order valence-corrected chi connectivity index (χ0v) is 7.05. The minimum Gasteiger partial charge on any atom is -0.356 e. The third-order valence-electron chi connectivity index (χ3n) is 1.12. The van der Waals surface area contributed by atoms with E-state index in [2.05, 4.69) is 15.1 Å². The lowest BCUT2D eigenvalue weighted by atomic mass is 10.2. The van der Waals surface area contributed by atoms with Gasteiger partial charge in [-0.1, -0.05) is 13.3 Å². The van der Waals surface area contributed by atoms with Gasteiger partial charge in [0, 0.05) is 13.5 Å². The standard InChI is InChI=1S/C7H15NO3/c1-3-4-5-7(9)8-11-6-10-2/h3-6H2,1-2H3,(H,8,9). The molecule has 0 aromatic carbocycles. The van der Waals surface area contributed by atoms with E-state index in [1.807, 2.05) is 6.92 Å². The zero-order chi connectivity index (χ0) is 8.53. The van der Waals surface area contributed by atoms with E-state index < -0.39 is 0 Å². The number of amides is 1. The quantitative estimate of drug-likeness (QED) is 0.356. The van der Waals surface area contributed by atoms with E-state index in [0.717, 1.165) is 12.8 Å². The van der Waals surface area contributed by atoms with Crippen molar-refractivity contribution < 1.29 is 14.4 Å². The van der Waals surface area contributed by atoms with Crippen LogP contribution in [0.2, 0.25) is 0 Å². The maximum absolute atomic E-state index is 10.8. The first-order valence-electron chi connectivity index (χ1n) is 3.70. The fraction of sp³-hybridized carbons (Fsp3) is 0.857. The summed E-state index contributed by atoms with van der Waals surface area (Å²) in [7, 11) is 1.50. The molecule has 0 heterocycles. The van der Waals surface area contributed by atoms with Gasteiger partial charge < -0.3 is 4.74 Å². The Balaban J connectivity index is 3.09. The van der Waals surface area contributed by atoms with E-state index in [1.54, 1.807) is 0 Å².